The molecule has 28 heavy (non-hydrogen) atoms. The second-order valence-corrected chi connectivity index (χ2v) is 8.75. The number of nitrogens with two attached hydrogens (primary N) is 1. The lowest BCUT2D eigenvalue weighted by atomic mass is 9.78. The van der Waals surface area contributed by atoms with Crippen molar-refractivity contribution in [2.24, 2.45) is 16.6 Å². The summed E-state index contributed by atoms with van der Waals surface area (Å²) in [5.74, 6) is -0.549. The zero-order chi connectivity index (χ0) is 19.9. The second kappa shape index (κ2) is 7.59. The van der Waals surface area contributed by atoms with Gasteiger partial charge in [0, 0.05) is 32.8 Å². The fourth-order valence-electron chi connectivity index (χ4n) is 3.88. The van der Waals surface area contributed by atoms with Crippen LogP contribution in [0.2, 0.25) is 0 Å². The number of aliphatic imine (C=N–C) groups is 1. The first-order valence-electron chi connectivity index (χ1n) is 8.76. The van der Waals surface area contributed by atoms with Gasteiger partial charge in [0.1, 0.15) is 11.4 Å². The van der Waals surface area contributed by atoms with E-state index >= 15 is 0 Å². The fraction of sp³-hybridized carbons (Fsp3) is 0.300. The summed E-state index contributed by atoms with van der Waals surface area (Å²) in [5.41, 5.74) is 5.96. The number of primary amides is 1. The maximum Gasteiger partial charge on any atom is 0.249 e. The highest BCUT2D eigenvalue weighted by atomic mass is 79.9. The highest BCUT2D eigenvalue weighted by molar-refractivity contribution is 9.10. The van der Waals surface area contributed by atoms with Crippen LogP contribution in [0.5, 0.6) is 0 Å². The van der Waals surface area contributed by atoms with Crippen LogP contribution in [0.25, 0.3) is 0 Å². The van der Waals surface area contributed by atoms with Gasteiger partial charge in [0.15, 0.2) is 0 Å². The van der Waals surface area contributed by atoms with Gasteiger partial charge >= 0.3 is 0 Å². The van der Waals surface area contributed by atoms with Gasteiger partial charge < -0.3 is 15.6 Å². The Balaban J connectivity index is 1.91. The standard InChI is InChI=1S/C20H18BrFN2O3S/c21-11-5-6-16(22)14(7-11)20-10-27-17(8-25)15(20)9-28-19(24-20)13-4-2-1-3-12(13)18(23)26/h1-7,15,17,25H,8-10H2,(H2,23,26)/t15-,17-,20-/m1/s1. The van der Waals surface area contributed by atoms with Crippen molar-refractivity contribution in [3.8, 4) is 0 Å². The first-order valence-corrected chi connectivity index (χ1v) is 10.5. The molecule has 4 rings (SSSR count). The number of hydrogen-bond acceptors (Lipinski definition) is 5. The molecule has 5 nitrogen and oxygen atoms in total. The van der Waals surface area contributed by atoms with Gasteiger partial charge in [-0.15, -0.1) is 11.8 Å². The summed E-state index contributed by atoms with van der Waals surface area (Å²) in [4.78, 5) is 16.8. The maximum absolute atomic E-state index is 14.9. The highest BCUT2D eigenvalue weighted by Gasteiger charge is 2.54. The Morgan fingerprint density at radius 1 is 1.39 bits per heavy atom. The molecule has 2 heterocycles. The van der Waals surface area contributed by atoms with Crippen LogP contribution in [0.3, 0.4) is 0 Å². The molecule has 0 bridgehead atoms. The summed E-state index contributed by atoms with van der Waals surface area (Å²) in [6, 6.07) is 11.7. The molecule has 1 amide bonds. The number of carbonyl (C=O) groups is 1. The largest absolute Gasteiger partial charge is 0.394 e. The first-order chi connectivity index (χ1) is 13.5. The van der Waals surface area contributed by atoms with Crippen molar-refractivity contribution < 1.29 is 19.0 Å². The van der Waals surface area contributed by atoms with Crippen molar-refractivity contribution in [3.05, 3.63) is 69.4 Å². The molecule has 2 aromatic carbocycles. The zero-order valence-electron chi connectivity index (χ0n) is 14.8. The number of amides is 1. The molecular formula is C20H18BrFN2O3S. The Kier molecular flexibility index (Phi) is 5.30. The third-order valence-corrected chi connectivity index (χ3v) is 6.88. The number of ether oxygens (including phenoxy) is 1. The summed E-state index contributed by atoms with van der Waals surface area (Å²) in [7, 11) is 0. The Morgan fingerprint density at radius 2 is 2.18 bits per heavy atom. The van der Waals surface area contributed by atoms with Gasteiger partial charge in [-0.2, -0.15) is 0 Å². The number of nitrogens with zero attached hydrogens (tertiary/aromatic N) is 1. The molecule has 0 aromatic heterocycles. The van der Waals surface area contributed by atoms with Crippen molar-refractivity contribution in [3.63, 3.8) is 0 Å². The SMILES string of the molecule is NC(=O)c1ccccc1C1=N[C@@]2(c3cc(Br)ccc3F)CO[C@H](CO)[C@H]2CS1. The number of halogens is 2. The van der Waals surface area contributed by atoms with E-state index in [1.54, 1.807) is 30.3 Å². The molecule has 2 aromatic rings. The summed E-state index contributed by atoms with van der Waals surface area (Å²) in [6.07, 6.45) is -0.428. The number of benzene rings is 2. The van der Waals surface area contributed by atoms with E-state index in [2.05, 4.69) is 15.9 Å². The number of fused-ring (bicyclic) bond motifs is 1. The minimum Gasteiger partial charge on any atom is -0.394 e. The first kappa shape index (κ1) is 19.6. The molecule has 0 unspecified atom stereocenters. The Labute approximate surface area is 174 Å². The van der Waals surface area contributed by atoms with E-state index in [9.17, 15) is 14.3 Å². The Bertz CT molecular complexity index is 970. The molecule has 0 spiro atoms. The van der Waals surface area contributed by atoms with Crippen LogP contribution in [0.4, 0.5) is 4.39 Å². The van der Waals surface area contributed by atoms with Crippen LogP contribution in [0.1, 0.15) is 21.5 Å². The number of rotatable bonds is 4. The third kappa shape index (κ3) is 3.18. The summed E-state index contributed by atoms with van der Waals surface area (Å²) in [5, 5.41) is 10.4. The van der Waals surface area contributed by atoms with Crippen molar-refractivity contribution in [2.75, 3.05) is 19.0 Å². The van der Waals surface area contributed by atoms with Crippen LogP contribution < -0.4 is 5.73 Å². The quantitative estimate of drug-likeness (QED) is 0.727. The smallest absolute Gasteiger partial charge is 0.249 e. The van der Waals surface area contributed by atoms with Crippen LogP contribution in [-0.2, 0) is 10.3 Å². The van der Waals surface area contributed by atoms with E-state index in [1.165, 1.54) is 17.8 Å². The Morgan fingerprint density at radius 3 is 2.93 bits per heavy atom. The monoisotopic (exact) mass is 464 g/mol. The van der Waals surface area contributed by atoms with Crippen molar-refractivity contribution in [2.45, 2.75) is 11.6 Å². The molecule has 3 atom stereocenters. The maximum atomic E-state index is 14.9. The van der Waals surface area contributed by atoms with E-state index in [0.29, 0.717) is 27.5 Å². The molecule has 0 saturated carbocycles. The Hall–Kier alpha value is -1.74. The number of hydrogen-bond donors (Lipinski definition) is 2. The number of carbonyl (C=O) groups excluding carboxylic acids is 1. The molecule has 146 valence electrons. The van der Waals surface area contributed by atoms with Gasteiger partial charge in [0.05, 0.1) is 24.4 Å². The molecular weight excluding hydrogens is 447 g/mol. The summed E-state index contributed by atoms with van der Waals surface area (Å²) >= 11 is 4.87. The number of thioether (sulfide) groups is 1. The molecule has 0 radical (unpaired) electrons. The lowest BCUT2D eigenvalue weighted by Gasteiger charge is -2.37. The predicted molar refractivity (Wildman–Crippen MR) is 110 cm³/mol. The second-order valence-electron chi connectivity index (χ2n) is 6.82. The average molecular weight is 465 g/mol. The van der Waals surface area contributed by atoms with Crippen molar-refractivity contribution in [1.82, 2.24) is 0 Å². The molecule has 1 saturated heterocycles. The van der Waals surface area contributed by atoms with Gasteiger partial charge in [0.2, 0.25) is 5.91 Å². The molecule has 0 aliphatic carbocycles. The average Bonchev–Trinajstić information content (AvgIpc) is 3.08. The minimum absolute atomic E-state index is 0.152. The van der Waals surface area contributed by atoms with Gasteiger partial charge in [-0.05, 0) is 24.3 Å². The van der Waals surface area contributed by atoms with E-state index in [0.717, 1.165) is 4.47 Å². The molecule has 1 fully saturated rings. The topological polar surface area (TPSA) is 84.9 Å². The van der Waals surface area contributed by atoms with Gasteiger partial charge in [-0.1, -0.05) is 34.1 Å². The molecule has 3 N–H and O–H groups in total. The molecule has 2 aliphatic rings. The van der Waals surface area contributed by atoms with Crippen LogP contribution >= 0.6 is 27.7 Å². The number of aliphatic hydroxyl groups is 1. The molecule has 8 heteroatoms. The van der Waals surface area contributed by atoms with Crippen molar-refractivity contribution in [1.29, 1.82) is 0 Å². The van der Waals surface area contributed by atoms with Crippen LogP contribution in [-0.4, -0.2) is 41.1 Å². The normalized spacial score (nSPS) is 26.6. The summed E-state index contributed by atoms with van der Waals surface area (Å²) in [6.45, 7) is -0.00953. The predicted octanol–water partition coefficient (Wildman–Crippen LogP) is 3.08. The van der Waals surface area contributed by atoms with Gasteiger partial charge in [-0.25, -0.2) is 4.39 Å². The fourth-order valence-corrected chi connectivity index (χ4v) is 5.63. The van der Waals surface area contributed by atoms with Gasteiger partial charge in [-0.3, -0.25) is 9.79 Å². The van der Waals surface area contributed by atoms with E-state index in [1.807, 2.05) is 6.07 Å². The zero-order valence-corrected chi connectivity index (χ0v) is 17.2. The van der Waals surface area contributed by atoms with Crippen LogP contribution in [0.15, 0.2) is 51.9 Å². The van der Waals surface area contributed by atoms with Crippen molar-refractivity contribution >= 4 is 38.6 Å². The van der Waals surface area contributed by atoms with Crippen LogP contribution in [0, 0.1) is 11.7 Å². The lowest BCUT2D eigenvalue weighted by molar-refractivity contribution is 0.0436. The van der Waals surface area contributed by atoms with Gasteiger partial charge in [0.25, 0.3) is 0 Å². The lowest BCUT2D eigenvalue weighted by Crippen LogP contribution is -2.42. The van der Waals surface area contributed by atoms with E-state index in [-0.39, 0.29) is 24.9 Å². The minimum atomic E-state index is -0.980. The third-order valence-electron chi connectivity index (χ3n) is 5.28. The van der Waals surface area contributed by atoms with E-state index < -0.39 is 17.6 Å². The van der Waals surface area contributed by atoms with E-state index in [4.69, 9.17) is 15.5 Å². The summed E-state index contributed by atoms with van der Waals surface area (Å²) < 4.78 is 21.4. The highest BCUT2D eigenvalue weighted by Crippen LogP contribution is 2.49. The number of aliphatic hydroxyl groups excluding tert-OH is 1. The molecule has 2 aliphatic heterocycles.